The second-order valence-electron chi connectivity index (χ2n) is 11.6. The summed E-state index contributed by atoms with van der Waals surface area (Å²) in [5, 5.41) is 40.6. The zero-order valence-electron chi connectivity index (χ0n) is 23.8. The number of imide groups is 1. The largest absolute Gasteiger partial charge is 0.507 e. The van der Waals surface area contributed by atoms with Crippen LogP contribution in [0.3, 0.4) is 0 Å². The van der Waals surface area contributed by atoms with Crippen molar-refractivity contribution < 1.29 is 34.4 Å². The highest BCUT2D eigenvalue weighted by Crippen LogP contribution is 2.51. The number of benzene rings is 3. The molecule has 218 valence electrons. The van der Waals surface area contributed by atoms with E-state index in [1.807, 2.05) is 55.5 Å². The highest BCUT2D eigenvalue weighted by Gasteiger charge is 2.57. The smallest absolute Gasteiger partial charge is 0.488 e. The standard InChI is InChI=1S/C33H33B2NO7/c1-20-16-26-31(33(39)36(32(26)38)25-12-7-11-24(18-25)35(41)42)27-19-34(40)43-29(30(20)27)15-14-22(21-8-3-2-4-9-21)17-23-10-5-6-13-28(23)37/h2-13,17-18,26-27,29,31,37,40-42H,14-16,19H2,1H3/b22-17-/t26-,27+,29-,31-/m1/s1. The molecule has 2 heterocycles. The number of hydrogen-bond acceptors (Lipinski definition) is 7. The first-order valence-electron chi connectivity index (χ1n) is 14.6. The second kappa shape index (κ2) is 12.0. The Bertz CT molecular complexity index is 1610. The molecule has 0 spiro atoms. The van der Waals surface area contributed by atoms with Crippen LogP contribution in [0.15, 0.2) is 90.0 Å². The van der Waals surface area contributed by atoms with Crippen LogP contribution in [0.2, 0.25) is 6.32 Å². The third-order valence-corrected chi connectivity index (χ3v) is 8.97. The summed E-state index contributed by atoms with van der Waals surface area (Å²) >= 11 is 0. The van der Waals surface area contributed by atoms with Gasteiger partial charge < -0.3 is 24.8 Å². The fourth-order valence-corrected chi connectivity index (χ4v) is 7.04. The van der Waals surface area contributed by atoms with Gasteiger partial charge >= 0.3 is 14.2 Å². The quantitative estimate of drug-likeness (QED) is 0.147. The Morgan fingerprint density at radius 2 is 1.74 bits per heavy atom. The average molecular weight is 577 g/mol. The lowest BCUT2D eigenvalue weighted by molar-refractivity contribution is -0.122. The van der Waals surface area contributed by atoms with E-state index in [9.17, 15) is 29.8 Å². The first-order chi connectivity index (χ1) is 20.7. The Morgan fingerprint density at radius 1 is 1.00 bits per heavy atom. The number of phenolic OH excluding ortho intramolecular Hbond substituents is 1. The Morgan fingerprint density at radius 3 is 2.49 bits per heavy atom. The SMILES string of the molecule is CC1=C2[C@@H](CC/C(=C/c3ccccc3O)c3ccccc3)OB(O)C[C@@H]2[C@@H]2C(=O)N(c3cccc(B(O)O)c3)C(=O)[C@@H]2C1. The fraction of sp³-hybridized carbons (Fsp3) is 0.273. The summed E-state index contributed by atoms with van der Waals surface area (Å²) < 4.78 is 6.11. The van der Waals surface area contributed by atoms with Crippen molar-refractivity contribution in [1.82, 2.24) is 0 Å². The van der Waals surface area contributed by atoms with Gasteiger partial charge in [0.25, 0.3) is 0 Å². The van der Waals surface area contributed by atoms with Gasteiger partial charge in [-0.25, -0.2) is 0 Å². The van der Waals surface area contributed by atoms with Gasteiger partial charge in [-0.1, -0.05) is 66.2 Å². The van der Waals surface area contributed by atoms with Crippen molar-refractivity contribution in [3.8, 4) is 5.75 Å². The zero-order chi connectivity index (χ0) is 30.2. The predicted molar refractivity (Wildman–Crippen MR) is 166 cm³/mol. The van der Waals surface area contributed by atoms with E-state index in [1.165, 1.54) is 12.1 Å². The third kappa shape index (κ3) is 5.59. The molecule has 10 heteroatoms. The molecule has 1 aliphatic carbocycles. The van der Waals surface area contributed by atoms with Gasteiger partial charge in [-0.3, -0.25) is 14.5 Å². The van der Waals surface area contributed by atoms with E-state index in [-0.39, 0.29) is 35.3 Å². The molecule has 4 N–H and O–H groups in total. The van der Waals surface area contributed by atoms with Crippen LogP contribution in [0.1, 0.15) is 37.3 Å². The van der Waals surface area contributed by atoms with Crippen molar-refractivity contribution in [2.24, 2.45) is 17.8 Å². The Balaban J connectivity index is 1.29. The molecule has 8 nitrogen and oxygen atoms in total. The summed E-state index contributed by atoms with van der Waals surface area (Å²) in [6, 6.07) is 23.2. The molecule has 2 fully saturated rings. The van der Waals surface area contributed by atoms with Gasteiger partial charge in [-0.15, -0.1) is 0 Å². The van der Waals surface area contributed by atoms with Crippen LogP contribution in [0.5, 0.6) is 5.75 Å². The number of fused-ring (bicyclic) bond motifs is 3. The maximum Gasteiger partial charge on any atom is 0.488 e. The van der Waals surface area contributed by atoms with Crippen molar-refractivity contribution in [2.75, 3.05) is 4.90 Å². The number of anilines is 1. The van der Waals surface area contributed by atoms with E-state index < -0.39 is 32.2 Å². The van der Waals surface area contributed by atoms with E-state index in [0.29, 0.717) is 30.5 Å². The first-order valence-corrected chi connectivity index (χ1v) is 14.6. The molecule has 2 saturated heterocycles. The van der Waals surface area contributed by atoms with E-state index in [2.05, 4.69) is 0 Å². The molecule has 4 atom stereocenters. The summed E-state index contributed by atoms with van der Waals surface area (Å²) in [5.74, 6) is -2.02. The van der Waals surface area contributed by atoms with Crippen LogP contribution in [0.25, 0.3) is 11.6 Å². The Kier molecular flexibility index (Phi) is 8.11. The molecule has 0 radical (unpaired) electrons. The van der Waals surface area contributed by atoms with Crippen LogP contribution < -0.4 is 10.4 Å². The van der Waals surface area contributed by atoms with Gasteiger partial charge in [0.1, 0.15) is 5.75 Å². The van der Waals surface area contributed by atoms with Crippen molar-refractivity contribution >= 4 is 48.9 Å². The fourth-order valence-electron chi connectivity index (χ4n) is 7.04. The van der Waals surface area contributed by atoms with Crippen molar-refractivity contribution in [3.63, 3.8) is 0 Å². The van der Waals surface area contributed by atoms with Gasteiger partial charge in [0, 0.05) is 5.56 Å². The number of hydrogen-bond donors (Lipinski definition) is 4. The van der Waals surface area contributed by atoms with Crippen molar-refractivity contribution in [2.45, 2.75) is 38.6 Å². The van der Waals surface area contributed by atoms with E-state index in [4.69, 9.17) is 4.65 Å². The minimum Gasteiger partial charge on any atom is -0.507 e. The molecule has 3 aromatic carbocycles. The highest BCUT2D eigenvalue weighted by molar-refractivity contribution is 6.58. The van der Waals surface area contributed by atoms with Crippen LogP contribution >= 0.6 is 0 Å². The van der Waals surface area contributed by atoms with Gasteiger partial charge in [0.15, 0.2) is 0 Å². The second-order valence-corrected chi connectivity index (χ2v) is 11.6. The zero-order valence-corrected chi connectivity index (χ0v) is 23.8. The maximum absolute atomic E-state index is 13.9. The molecular formula is C33H33B2NO7. The lowest BCUT2D eigenvalue weighted by Crippen LogP contribution is -2.46. The maximum atomic E-state index is 13.9. The monoisotopic (exact) mass is 577 g/mol. The number of carbonyl (C=O) groups is 2. The number of carbonyl (C=O) groups excluding carboxylic acids is 2. The number of rotatable bonds is 7. The van der Waals surface area contributed by atoms with E-state index in [0.717, 1.165) is 27.2 Å². The first kappa shape index (κ1) is 29.1. The summed E-state index contributed by atoms with van der Waals surface area (Å²) in [6.45, 7) is 1.98. The minimum atomic E-state index is -1.72. The normalized spacial score (nSPS) is 23.9. The van der Waals surface area contributed by atoms with Gasteiger partial charge in [-0.2, -0.15) is 0 Å². The molecule has 3 aromatic rings. The number of aromatic hydroxyl groups is 1. The van der Waals surface area contributed by atoms with E-state index >= 15 is 0 Å². The van der Waals surface area contributed by atoms with Crippen molar-refractivity contribution in [1.29, 1.82) is 0 Å². The third-order valence-electron chi connectivity index (χ3n) is 8.97. The Labute approximate surface area is 251 Å². The van der Waals surface area contributed by atoms with Gasteiger partial charge in [0.2, 0.25) is 11.8 Å². The lowest BCUT2D eigenvalue weighted by atomic mass is 9.58. The van der Waals surface area contributed by atoms with Crippen LogP contribution in [0, 0.1) is 17.8 Å². The molecule has 6 rings (SSSR count). The Hall–Kier alpha value is -3.95. The van der Waals surface area contributed by atoms with Gasteiger partial charge in [0.05, 0.1) is 23.6 Å². The average Bonchev–Trinajstić information content (AvgIpc) is 3.25. The number of para-hydroxylation sites is 1. The molecule has 0 bridgehead atoms. The van der Waals surface area contributed by atoms with Crippen molar-refractivity contribution in [3.05, 3.63) is 101 Å². The lowest BCUT2D eigenvalue weighted by Gasteiger charge is -2.42. The summed E-state index contributed by atoms with van der Waals surface area (Å²) in [7, 11) is -2.81. The molecule has 0 saturated carbocycles. The molecule has 3 aliphatic rings. The predicted octanol–water partition coefficient (Wildman–Crippen LogP) is 3.41. The van der Waals surface area contributed by atoms with Crippen LogP contribution in [-0.4, -0.2) is 52.3 Å². The molecule has 0 aromatic heterocycles. The molecule has 43 heavy (non-hydrogen) atoms. The van der Waals surface area contributed by atoms with Crippen LogP contribution in [-0.2, 0) is 14.2 Å². The number of amides is 2. The number of nitrogens with zero attached hydrogens (tertiary/aromatic N) is 1. The molecular weight excluding hydrogens is 544 g/mol. The summed E-state index contributed by atoms with van der Waals surface area (Å²) in [6.07, 6.45) is 3.27. The summed E-state index contributed by atoms with van der Waals surface area (Å²) in [5.41, 5.74) is 5.18. The van der Waals surface area contributed by atoms with Crippen LogP contribution in [0.4, 0.5) is 5.69 Å². The molecule has 0 unspecified atom stereocenters. The molecule has 2 aliphatic heterocycles. The topological polar surface area (TPSA) is 128 Å². The van der Waals surface area contributed by atoms with Gasteiger partial charge in [-0.05, 0) is 84.9 Å². The number of phenols is 1. The summed E-state index contributed by atoms with van der Waals surface area (Å²) in [4.78, 5) is 28.7. The highest BCUT2D eigenvalue weighted by atomic mass is 16.5. The molecule has 2 amide bonds. The van der Waals surface area contributed by atoms with E-state index in [1.54, 1.807) is 24.3 Å². The minimum absolute atomic E-state index is 0.185. The number of allylic oxidation sites excluding steroid dienone is 2.